The van der Waals surface area contributed by atoms with Crippen molar-refractivity contribution in [2.75, 3.05) is 6.61 Å². The van der Waals surface area contributed by atoms with Crippen molar-refractivity contribution in [3.63, 3.8) is 0 Å². The molecular formula is C18H18ClN3O2. The van der Waals surface area contributed by atoms with Crippen LogP contribution in [0.15, 0.2) is 42.7 Å². The molecule has 0 unspecified atom stereocenters. The second kappa shape index (κ2) is 6.93. The molecule has 1 amide bonds. The van der Waals surface area contributed by atoms with Gasteiger partial charge in [-0.3, -0.25) is 4.79 Å². The summed E-state index contributed by atoms with van der Waals surface area (Å²) < 4.78 is 7.45. The smallest absolute Gasteiger partial charge is 0.258 e. The number of imidazole rings is 1. The standard InChI is InChI=1S/C18H18ClN3O2/c1-12-3-4-13(2)16(7-12)24-11-18(23)20-9-15-10-22-6-5-14(19)8-17(22)21-15/h3-8,10H,9,11H2,1-2H3,(H,20,23). The van der Waals surface area contributed by atoms with E-state index in [4.69, 9.17) is 16.3 Å². The Morgan fingerprint density at radius 3 is 2.96 bits per heavy atom. The van der Waals surface area contributed by atoms with Crippen molar-refractivity contribution < 1.29 is 9.53 Å². The highest BCUT2D eigenvalue weighted by molar-refractivity contribution is 6.30. The fourth-order valence-corrected chi connectivity index (χ4v) is 2.49. The van der Waals surface area contributed by atoms with Crippen LogP contribution in [0.1, 0.15) is 16.8 Å². The fraction of sp³-hybridized carbons (Fsp3) is 0.222. The topological polar surface area (TPSA) is 55.6 Å². The average Bonchev–Trinajstić information content (AvgIpc) is 2.95. The first-order valence-electron chi connectivity index (χ1n) is 7.61. The molecule has 0 radical (unpaired) electrons. The minimum Gasteiger partial charge on any atom is -0.483 e. The van der Waals surface area contributed by atoms with E-state index in [0.717, 1.165) is 28.2 Å². The van der Waals surface area contributed by atoms with Gasteiger partial charge >= 0.3 is 0 Å². The van der Waals surface area contributed by atoms with Gasteiger partial charge in [-0.1, -0.05) is 23.7 Å². The minimum absolute atomic E-state index is 0.0243. The van der Waals surface area contributed by atoms with E-state index < -0.39 is 0 Å². The molecule has 3 aromatic rings. The number of benzene rings is 1. The molecule has 1 aromatic carbocycles. The van der Waals surface area contributed by atoms with Gasteiger partial charge in [0.05, 0.1) is 12.2 Å². The van der Waals surface area contributed by atoms with Gasteiger partial charge in [0.1, 0.15) is 11.4 Å². The first kappa shape index (κ1) is 16.3. The third-order valence-electron chi connectivity index (χ3n) is 3.64. The molecule has 6 heteroatoms. The lowest BCUT2D eigenvalue weighted by Crippen LogP contribution is -2.28. The van der Waals surface area contributed by atoms with Crippen LogP contribution in [-0.2, 0) is 11.3 Å². The van der Waals surface area contributed by atoms with Crippen molar-refractivity contribution in [1.82, 2.24) is 14.7 Å². The van der Waals surface area contributed by atoms with E-state index >= 15 is 0 Å². The van der Waals surface area contributed by atoms with Crippen LogP contribution in [0.3, 0.4) is 0 Å². The van der Waals surface area contributed by atoms with Crippen molar-refractivity contribution in [2.24, 2.45) is 0 Å². The van der Waals surface area contributed by atoms with E-state index in [2.05, 4.69) is 10.3 Å². The number of carbonyl (C=O) groups is 1. The number of carbonyl (C=O) groups excluding carboxylic acids is 1. The lowest BCUT2D eigenvalue weighted by molar-refractivity contribution is -0.123. The molecule has 1 N–H and O–H groups in total. The summed E-state index contributed by atoms with van der Waals surface area (Å²) in [6, 6.07) is 9.48. The van der Waals surface area contributed by atoms with Crippen molar-refractivity contribution in [2.45, 2.75) is 20.4 Å². The Bertz CT molecular complexity index is 889. The summed E-state index contributed by atoms with van der Waals surface area (Å²) in [5.74, 6) is 0.540. The molecule has 0 saturated heterocycles. The fourth-order valence-electron chi connectivity index (χ4n) is 2.34. The van der Waals surface area contributed by atoms with Gasteiger partial charge in [0, 0.05) is 17.4 Å². The molecule has 0 saturated carbocycles. The number of hydrogen-bond donors (Lipinski definition) is 1. The quantitative estimate of drug-likeness (QED) is 0.773. The maximum absolute atomic E-state index is 12.0. The minimum atomic E-state index is -0.189. The van der Waals surface area contributed by atoms with Crippen LogP contribution in [0.25, 0.3) is 5.65 Å². The number of amides is 1. The Labute approximate surface area is 145 Å². The van der Waals surface area contributed by atoms with Gasteiger partial charge in [-0.25, -0.2) is 4.98 Å². The van der Waals surface area contributed by atoms with Crippen molar-refractivity contribution >= 4 is 23.2 Å². The number of halogens is 1. The molecule has 24 heavy (non-hydrogen) atoms. The third-order valence-corrected chi connectivity index (χ3v) is 3.88. The van der Waals surface area contributed by atoms with E-state index in [9.17, 15) is 4.79 Å². The van der Waals surface area contributed by atoms with Gasteiger partial charge in [-0.15, -0.1) is 0 Å². The summed E-state index contributed by atoms with van der Waals surface area (Å²) in [4.78, 5) is 16.4. The molecule has 2 aromatic heterocycles. The van der Waals surface area contributed by atoms with Gasteiger partial charge in [0.2, 0.25) is 0 Å². The molecule has 3 rings (SSSR count). The zero-order chi connectivity index (χ0) is 17.1. The number of aromatic nitrogens is 2. The zero-order valence-electron chi connectivity index (χ0n) is 13.5. The summed E-state index contributed by atoms with van der Waals surface area (Å²) in [5, 5.41) is 3.44. The van der Waals surface area contributed by atoms with Crippen LogP contribution < -0.4 is 10.1 Å². The van der Waals surface area contributed by atoms with E-state index in [1.165, 1.54) is 0 Å². The van der Waals surface area contributed by atoms with E-state index in [1.807, 2.05) is 48.8 Å². The van der Waals surface area contributed by atoms with Gasteiger partial charge in [0.15, 0.2) is 6.61 Å². The van der Waals surface area contributed by atoms with Gasteiger partial charge in [-0.05, 0) is 43.2 Å². The molecule has 0 spiro atoms. The molecule has 0 aliphatic carbocycles. The van der Waals surface area contributed by atoms with Crippen LogP contribution >= 0.6 is 11.6 Å². The van der Waals surface area contributed by atoms with Gasteiger partial charge in [0.25, 0.3) is 5.91 Å². The second-order valence-electron chi connectivity index (χ2n) is 5.68. The van der Waals surface area contributed by atoms with Crippen LogP contribution in [-0.4, -0.2) is 21.9 Å². The first-order chi connectivity index (χ1) is 11.5. The van der Waals surface area contributed by atoms with E-state index in [0.29, 0.717) is 11.6 Å². The van der Waals surface area contributed by atoms with Crippen molar-refractivity contribution in [1.29, 1.82) is 0 Å². The Balaban J connectivity index is 1.55. The average molecular weight is 344 g/mol. The second-order valence-corrected chi connectivity index (χ2v) is 6.11. The number of ether oxygens (including phenoxy) is 1. The highest BCUT2D eigenvalue weighted by atomic mass is 35.5. The van der Waals surface area contributed by atoms with Crippen LogP contribution in [0.2, 0.25) is 5.02 Å². The largest absolute Gasteiger partial charge is 0.483 e. The number of aryl methyl sites for hydroxylation is 2. The molecule has 124 valence electrons. The molecule has 0 bridgehead atoms. The van der Waals surface area contributed by atoms with Gasteiger partial charge in [-0.2, -0.15) is 0 Å². The summed E-state index contributed by atoms with van der Waals surface area (Å²) in [6.45, 7) is 4.26. The predicted molar refractivity (Wildman–Crippen MR) is 93.5 cm³/mol. The number of hydrogen-bond acceptors (Lipinski definition) is 3. The maximum atomic E-state index is 12.0. The number of nitrogens with one attached hydrogen (secondary N) is 1. The Morgan fingerprint density at radius 1 is 1.29 bits per heavy atom. The number of rotatable bonds is 5. The lowest BCUT2D eigenvalue weighted by atomic mass is 10.1. The van der Waals surface area contributed by atoms with Gasteiger partial charge < -0.3 is 14.5 Å². The van der Waals surface area contributed by atoms with E-state index in [-0.39, 0.29) is 12.5 Å². The SMILES string of the molecule is Cc1ccc(C)c(OCC(=O)NCc2cn3ccc(Cl)cc3n2)c1. The van der Waals surface area contributed by atoms with E-state index in [1.54, 1.807) is 12.1 Å². The Kier molecular flexibility index (Phi) is 4.71. The van der Waals surface area contributed by atoms with Crippen LogP contribution in [0, 0.1) is 13.8 Å². The summed E-state index contributed by atoms with van der Waals surface area (Å²) >= 11 is 5.94. The van der Waals surface area contributed by atoms with Crippen LogP contribution in [0.4, 0.5) is 0 Å². The molecule has 0 atom stereocenters. The molecule has 2 heterocycles. The Morgan fingerprint density at radius 2 is 2.12 bits per heavy atom. The highest BCUT2D eigenvalue weighted by Crippen LogP contribution is 2.18. The zero-order valence-corrected chi connectivity index (χ0v) is 14.3. The molecule has 0 aliphatic heterocycles. The monoisotopic (exact) mass is 343 g/mol. The number of pyridine rings is 1. The summed E-state index contributed by atoms with van der Waals surface area (Å²) in [5.41, 5.74) is 3.61. The number of nitrogens with zero attached hydrogens (tertiary/aromatic N) is 2. The van der Waals surface area contributed by atoms with Crippen molar-refractivity contribution in [3.05, 3.63) is 64.6 Å². The molecule has 0 fully saturated rings. The summed E-state index contributed by atoms with van der Waals surface area (Å²) in [6.07, 6.45) is 3.69. The first-order valence-corrected chi connectivity index (χ1v) is 7.99. The molecule has 0 aliphatic rings. The van der Waals surface area contributed by atoms with Crippen LogP contribution in [0.5, 0.6) is 5.75 Å². The number of fused-ring (bicyclic) bond motifs is 1. The van der Waals surface area contributed by atoms with Crippen molar-refractivity contribution in [3.8, 4) is 5.75 Å². The Hall–Kier alpha value is -2.53. The molecular weight excluding hydrogens is 326 g/mol. The summed E-state index contributed by atoms with van der Waals surface area (Å²) in [7, 11) is 0. The normalized spacial score (nSPS) is 10.8. The predicted octanol–water partition coefficient (Wildman–Crippen LogP) is 3.30. The molecule has 5 nitrogen and oxygen atoms in total. The third kappa shape index (κ3) is 3.86. The highest BCUT2D eigenvalue weighted by Gasteiger charge is 2.07. The lowest BCUT2D eigenvalue weighted by Gasteiger charge is -2.09. The maximum Gasteiger partial charge on any atom is 0.258 e.